The van der Waals surface area contributed by atoms with Crippen molar-refractivity contribution in [3.8, 4) is 43.9 Å². The van der Waals surface area contributed by atoms with Crippen LogP contribution >= 0.6 is 11.3 Å². The Bertz CT molecular complexity index is 1380. The summed E-state index contributed by atoms with van der Waals surface area (Å²) in [4.78, 5) is 1.04. The van der Waals surface area contributed by atoms with Gasteiger partial charge in [-0.1, -0.05) is 96.3 Å². The zero-order chi connectivity index (χ0) is 22.6. The molecular weight excluding hydrogens is 428 g/mol. The average Bonchev–Trinajstić information content (AvgIpc) is 3.21. The summed E-state index contributed by atoms with van der Waals surface area (Å²) < 4.78 is 12.8. The summed E-state index contributed by atoms with van der Waals surface area (Å²) in [5, 5.41) is 0.605. The van der Waals surface area contributed by atoms with Crippen molar-refractivity contribution in [1.82, 2.24) is 0 Å². The summed E-state index contributed by atoms with van der Waals surface area (Å²) >= 11 is 1.52. The number of thiophene rings is 1. The highest BCUT2D eigenvalue weighted by molar-refractivity contribution is 7.18. The van der Waals surface area contributed by atoms with Crippen LogP contribution in [-0.2, 0) is 0 Å². The fourth-order valence-electron chi connectivity index (χ4n) is 3.57. The summed E-state index contributed by atoms with van der Waals surface area (Å²) in [6.07, 6.45) is 0. The molecule has 0 fully saturated rings. The zero-order valence-corrected chi connectivity index (χ0v) is 18.6. The van der Waals surface area contributed by atoms with Crippen molar-refractivity contribution < 1.29 is 9.47 Å². The van der Waals surface area contributed by atoms with Crippen LogP contribution in [0.4, 0.5) is 11.4 Å². The second-order valence-electron chi connectivity index (χ2n) is 7.43. The summed E-state index contributed by atoms with van der Waals surface area (Å²) in [6, 6.07) is 35.2. The molecule has 33 heavy (non-hydrogen) atoms. The van der Waals surface area contributed by atoms with E-state index in [1.807, 2.05) is 84.9 Å². The van der Waals surface area contributed by atoms with Gasteiger partial charge < -0.3 is 20.9 Å². The number of anilines is 2. The van der Waals surface area contributed by atoms with Crippen LogP contribution in [0.25, 0.3) is 21.6 Å². The molecule has 4 nitrogen and oxygen atoms in total. The molecule has 5 rings (SSSR count). The molecule has 0 aliphatic heterocycles. The molecule has 5 aromatic rings. The van der Waals surface area contributed by atoms with Crippen molar-refractivity contribution >= 4 is 22.7 Å². The summed E-state index contributed by atoms with van der Waals surface area (Å²) in [5.41, 5.74) is 16.5. The molecule has 0 unspecified atom stereocenters. The average molecular weight is 451 g/mol. The van der Waals surface area contributed by atoms with E-state index in [4.69, 9.17) is 20.9 Å². The maximum Gasteiger partial charge on any atom is 0.225 e. The van der Waals surface area contributed by atoms with Gasteiger partial charge in [-0.3, -0.25) is 0 Å². The van der Waals surface area contributed by atoms with Gasteiger partial charge >= 0.3 is 0 Å². The first kappa shape index (κ1) is 20.7. The second kappa shape index (κ2) is 9.10. The van der Waals surface area contributed by atoms with Gasteiger partial charge in [-0.05, 0) is 35.4 Å². The first-order chi connectivity index (χ1) is 16.2. The van der Waals surface area contributed by atoms with E-state index in [-0.39, 0.29) is 0 Å². The molecule has 1 heterocycles. The molecule has 0 aliphatic rings. The van der Waals surface area contributed by atoms with Gasteiger partial charge in [0.05, 0.1) is 11.4 Å². The highest BCUT2D eigenvalue weighted by atomic mass is 32.1. The van der Waals surface area contributed by atoms with E-state index in [2.05, 4.69) is 24.3 Å². The predicted molar refractivity (Wildman–Crippen MR) is 137 cm³/mol. The van der Waals surface area contributed by atoms with Crippen LogP contribution in [-0.4, -0.2) is 0 Å². The predicted octanol–water partition coefficient (Wildman–Crippen LogP) is 7.83. The van der Waals surface area contributed by atoms with E-state index in [0.29, 0.717) is 33.7 Å². The van der Waals surface area contributed by atoms with Gasteiger partial charge in [0.25, 0.3) is 0 Å². The smallest absolute Gasteiger partial charge is 0.225 e. The summed E-state index contributed by atoms with van der Waals surface area (Å²) in [5.74, 6) is 1.74. The van der Waals surface area contributed by atoms with Gasteiger partial charge in [0.1, 0.15) is 0 Å². The van der Waals surface area contributed by atoms with Gasteiger partial charge in [0.2, 0.25) is 5.06 Å². The molecule has 4 N–H and O–H groups in total. The lowest BCUT2D eigenvalue weighted by Gasteiger charge is -2.13. The molecule has 0 aliphatic carbocycles. The minimum Gasteiger partial charge on any atom is -0.450 e. The molecule has 162 valence electrons. The molecule has 0 saturated carbocycles. The number of para-hydroxylation sites is 4. The van der Waals surface area contributed by atoms with Crippen molar-refractivity contribution in [1.29, 1.82) is 0 Å². The van der Waals surface area contributed by atoms with Crippen molar-refractivity contribution in [2.24, 2.45) is 0 Å². The summed E-state index contributed by atoms with van der Waals surface area (Å²) in [7, 11) is 0. The molecule has 0 spiro atoms. The molecule has 5 heteroatoms. The first-order valence-corrected chi connectivity index (χ1v) is 11.3. The molecule has 0 atom stereocenters. The third kappa shape index (κ3) is 4.27. The lowest BCUT2D eigenvalue weighted by Crippen LogP contribution is -1.95. The van der Waals surface area contributed by atoms with Gasteiger partial charge in [0.15, 0.2) is 17.2 Å². The minimum atomic E-state index is 0.550. The molecule has 4 aromatic carbocycles. The van der Waals surface area contributed by atoms with Gasteiger partial charge in [-0.2, -0.15) is 0 Å². The van der Waals surface area contributed by atoms with Crippen LogP contribution in [0, 0.1) is 0 Å². The van der Waals surface area contributed by atoms with Crippen molar-refractivity contribution in [3.63, 3.8) is 0 Å². The molecule has 0 amide bonds. The number of nitrogens with two attached hydrogens (primary N) is 2. The zero-order valence-electron chi connectivity index (χ0n) is 17.8. The highest BCUT2D eigenvalue weighted by Crippen LogP contribution is 2.55. The monoisotopic (exact) mass is 450 g/mol. The van der Waals surface area contributed by atoms with E-state index in [0.717, 1.165) is 21.6 Å². The molecule has 0 bridgehead atoms. The molecule has 0 saturated heterocycles. The normalized spacial score (nSPS) is 10.7. The van der Waals surface area contributed by atoms with Crippen LogP contribution in [0.15, 0.2) is 109 Å². The fraction of sp³-hybridized carbons (Fsp3) is 0. The van der Waals surface area contributed by atoms with E-state index < -0.39 is 0 Å². The van der Waals surface area contributed by atoms with Crippen LogP contribution in [0.1, 0.15) is 0 Å². The van der Waals surface area contributed by atoms with E-state index >= 15 is 0 Å². The fourth-order valence-corrected chi connectivity index (χ4v) is 4.69. The number of ether oxygens (including phenoxy) is 2. The third-order valence-electron chi connectivity index (χ3n) is 5.19. The van der Waals surface area contributed by atoms with Crippen molar-refractivity contribution in [2.75, 3.05) is 11.5 Å². The SMILES string of the molecule is Nc1ccccc1Oc1sc(-c2ccccc2)c(-c2ccccc2)c1Oc1ccccc1N. The molecular formula is C28H22N2O2S. The number of hydrogen-bond acceptors (Lipinski definition) is 5. The van der Waals surface area contributed by atoms with E-state index in [1.165, 1.54) is 11.3 Å². The minimum absolute atomic E-state index is 0.550. The van der Waals surface area contributed by atoms with Crippen LogP contribution < -0.4 is 20.9 Å². The Labute approximate surface area is 196 Å². The first-order valence-electron chi connectivity index (χ1n) is 10.5. The maximum atomic E-state index is 6.46. The van der Waals surface area contributed by atoms with Crippen molar-refractivity contribution in [2.45, 2.75) is 0 Å². The van der Waals surface area contributed by atoms with E-state index in [1.54, 1.807) is 0 Å². The van der Waals surface area contributed by atoms with Crippen LogP contribution in [0.5, 0.6) is 22.3 Å². The largest absolute Gasteiger partial charge is 0.450 e. The highest BCUT2D eigenvalue weighted by Gasteiger charge is 2.25. The molecule has 1 aromatic heterocycles. The Balaban J connectivity index is 1.75. The van der Waals surface area contributed by atoms with Crippen LogP contribution in [0.2, 0.25) is 0 Å². The lowest BCUT2D eigenvalue weighted by molar-refractivity contribution is 0.433. The maximum absolute atomic E-state index is 6.46. The molecule has 0 radical (unpaired) electrons. The third-order valence-corrected chi connectivity index (χ3v) is 6.28. The Morgan fingerprint density at radius 1 is 0.515 bits per heavy atom. The number of nitrogen functional groups attached to an aromatic ring is 2. The van der Waals surface area contributed by atoms with Crippen molar-refractivity contribution in [3.05, 3.63) is 109 Å². The summed E-state index contributed by atoms with van der Waals surface area (Å²) in [6.45, 7) is 0. The van der Waals surface area contributed by atoms with Crippen LogP contribution in [0.3, 0.4) is 0 Å². The van der Waals surface area contributed by atoms with Gasteiger partial charge in [-0.25, -0.2) is 0 Å². The Morgan fingerprint density at radius 3 is 1.58 bits per heavy atom. The number of benzene rings is 4. The number of hydrogen-bond donors (Lipinski definition) is 2. The topological polar surface area (TPSA) is 70.5 Å². The lowest BCUT2D eigenvalue weighted by atomic mass is 10.0. The Kier molecular flexibility index (Phi) is 5.70. The second-order valence-corrected chi connectivity index (χ2v) is 8.42. The standard InChI is InChI=1S/C28H22N2O2S/c29-21-15-7-9-17-23(21)31-26-25(19-11-3-1-4-12-19)27(20-13-5-2-6-14-20)33-28(26)32-24-18-10-8-16-22(24)30/h1-18H,29-30H2. The van der Waals surface area contributed by atoms with Gasteiger partial charge in [-0.15, -0.1) is 0 Å². The van der Waals surface area contributed by atoms with Gasteiger partial charge in [0, 0.05) is 10.4 Å². The van der Waals surface area contributed by atoms with E-state index in [9.17, 15) is 0 Å². The quantitative estimate of drug-likeness (QED) is 0.259. The Hall–Kier alpha value is -4.22. The Morgan fingerprint density at radius 2 is 1.00 bits per heavy atom. The number of rotatable bonds is 6.